The van der Waals surface area contributed by atoms with Gasteiger partial charge in [-0.3, -0.25) is 0 Å². The molecular weight excluding hydrogens is 361 g/mol. The first kappa shape index (κ1) is 20.2. The van der Waals surface area contributed by atoms with Crippen molar-refractivity contribution in [1.82, 2.24) is 4.57 Å². The summed E-state index contributed by atoms with van der Waals surface area (Å²) in [6, 6.07) is 14.3. The van der Waals surface area contributed by atoms with Crippen LogP contribution in [0.4, 0.5) is 13.2 Å². The Hall–Kier alpha value is -2.53. The van der Waals surface area contributed by atoms with E-state index in [2.05, 4.69) is 24.5 Å². The van der Waals surface area contributed by atoms with E-state index in [1.54, 1.807) is 12.1 Å². The van der Waals surface area contributed by atoms with E-state index in [9.17, 15) is 13.2 Å². The molecular formula is C23H26F3N2+. The standard InChI is InChI=1S/C23H25F3N2/c1-17(2)13-27(15-19-7-10-21(25)12-23(19)26)16-22-4-3-11-28(22)14-18-5-8-20(24)9-6-18/h3-12,17H,13-16H2,1-2H3/p+1. The van der Waals surface area contributed by atoms with Crippen molar-refractivity contribution < 1.29 is 18.1 Å². The molecule has 3 aromatic rings. The van der Waals surface area contributed by atoms with E-state index in [1.165, 1.54) is 29.2 Å². The lowest BCUT2D eigenvalue weighted by atomic mass is 10.1. The second-order valence-electron chi connectivity index (χ2n) is 7.69. The Bertz CT molecular complexity index is 900. The van der Waals surface area contributed by atoms with Gasteiger partial charge in [0.25, 0.3) is 0 Å². The Kier molecular flexibility index (Phi) is 6.57. The highest BCUT2D eigenvalue weighted by Crippen LogP contribution is 2.11. The van der Waals surface area contributed by atoms with Crippen LogP contribution in [0, 0.1) is 23.4 Å². The van der Waals surface area contributed by atoms with Crippen LogP contribution in [0.3, 0.4) is 0 Å². The Morgan fingerprint density at radius 1 is 0.893 bits per heavy atom. The summed E-state index contributed by atoms with van der Waals surface area (Å²) in [5.74, 6) is -0.854. The molecule has 0 fully saturated rings. The summed E-state index contributed by atoms with van der Waals surface area (Å²) in [6.07, 6.45) is 2.00. The molecule has 0 aliphatic carbocycles. The van der Waals surface area contributed by atoms with Gasteiger partial charge in [0, 0.05) is 30.3 Å². The molecule has 1 atom stereocenters. The molecule has 2 nitrogen and oxygen atoms in total. The van der Waals surface area contributed by atoms with E-state index in [-0.39, 0.29) is 5.82 Å². The van der Waals surface area contributed by atoms with E-state index < -0.39 is 11.6 Å². The molecule has 0 radical (unpaired) electrons. The second kappa shape index (κ2) is 9.11. The number of hydrogen-bond donors (Lipinski definition) is 1. The lowest BCUT2D eigenvalue weighted by Gasteiger charge is -2.23. The Morgan fingerprint density at radius 2 is 1.61 bits per heavy atom. The topological polar surface area (TPSA) is 9.37 Å². The molecule has 148 valence electrons. The maximum Gasteiger partial charge on any atom is 0.134 e. The smallest absolute Gasteiger partial charge is 0.134 e. The maximum atomic E-state index is 14.1. The molecule has 1 unspecified atom stereocenters. The van der Waals surface area contributed by atoms with Gasteiger partial charge in [-0.2, -0.15) is 0 Å². The number of hydrogen-bond acceptors (Lipinski definition) is 0. The highest BCUT2D eigenvalue weighted by molar-refractivity contribution is 5.19. The fraction of sp³-hybridized carbons (Fsp3) is 0.304. The van der Waals surface area contributed by atoms with Crippen LogP contribution in [-0.4, -0.2) is 11.1 Å². The van der Waals surface area contributed by atoms with Gasteiger partial charge in [-0.05, 0) is 42.0 Å². The molecule has 1 N–H and O–H groups in total. The molecule has 0 spiro atoms. The summed E-state index contributed by atoms with van der Waals surface area (Å²) < 4.78 is 42.6. The lowest BCUT2D eigenvalue weighted by Crippen LogP contribution is -3.10. The summed E-state index contributed by atoms with van der Waals surface area (Å²) in [4.78, 5) is 1.21. The molecule has 1 aromatic heterocycles. The average molecular weight is 387 g/mol. The molecule has 0 aliphatic rings. The van der Waals surface area contributed by atoms with Crippen molar-refractivity contribution in [2.75, 3.05) is 6.54 Å². The van der Waals surface area contributed by atoms with Crippen molar-refractivity contribution in [2.24, 2.45) is 5.92 Å². The van der Waals surface area contributed by atoms with Gasteiger partial charge >= 0.3 is 0 Å². The van der Waals surface area contributed by atoms with Crippen LogP contribution < -0.4 is 4.90 Å². The zero-order chi connectivity index (χ0) is 20.1. The number of rotatable bonds is 8. The fourth-order valence-electron chi connectivity index (χ4n) is 3.53. The number of quaternary nitrogens is 1. The molecule has 0 saturated heterocycles. The van der Waals surface area contributed by atoms with Gasteiger partial charge in [-0.1, -0.05) is 26.0 Å². The van der Waals surface area contributed by atoms with Gasteiger partial charge in [0.15, 0.2) is 0 Å². The summed E-state index contributed by atoms with van der Waals surface area (Å²) in [5.41, 5.74) is 2.67. The van der Waals surface area contributed by atoms with Crippen molar-refractivity contribution in [1.29, 1.82) is 0 Å². The van der Waals surface area contributed by atoms with E-state index in [1.807, 2.05) is 12.3 Å². The van der Waals surface area contributed by atoms with Crippen LogP contribution in [-0.2, 0) is 19.6 Å². The second-order valence-corrected chi connectivity index (χ2v) is 7.69. The van der Waals surface area contributed by atoms with Crippen LogP contribution in [0.5, 0.6) is 0 Å². The van der Waals surface area contributed by atoms with Gasteiger partial charge in [-0.25, -0.2) is 13.2 Å². The SMILES string of the molecule is CC(C)C[NH+](Cc1ccc(F)cc1F)Cc1cccn1Cc1ccc(F)cc1. The third-order valence-electron chi connectivity index (χ3n) is 4.77. The fourth-order valence-corrected chi connectivity index (χ4v) is 3.53. The number of aromatic nitrogens is 1. The Morgan fingerprint density at radius 3 is 2.29 bits per heavy atom. The molecule has 28 heavy (non-hydrogen) atoms. The molecule has 2 aromatic carbocycles. The summed E-state index contributed by atoms with van der Waals surface area (Å²) in [6.45, 7) is 7.02. The number of benzene rings is 2. The highest BCUT2D eigenvalue weighted by atomic mass is 19.1. The van der Waals surface area contributed by atoms with E-state index in [4.69, 9.17) is 0 Å². The average Bonchev–Trinajstić information content (AvgIpc) is 3.05. The van der Waals surface area contributed by atoms with Crippen molar-refractivity contribution in [3.63, 3.8) is 0 Å². The minimum atomic E-state index is -0.556. The first-order valence-electron chi connectivity index (χ1n) is 9.56. The normalized spacial score (nSPS) is 12.5. The number of halogens is 3. The van der Waals surface area contributed by atoms with Gasteiger partial charge < -0.3 is 9.47 Å². The van der Waals surface area contributed by atoms with Crippen LogP contribution >= 0.6 is 0 Å². The largest absolute Gasteiger partial charge is 0.342 e. The minimum Gasteiger partial charge on any atom is -0.342 e. The summed E-state index contributed by atoms with van der Waals surface area (Å²) in [5, 5.41) is 0. The molecule has 0 bridgehead atoms. The molecule has 0 saturated carbocycles. The third kappa shape index (κ3) is 5.49. The summed E-state index contributed by atoms with van der Waals surface area (Å²) >= 11 is 0. The Labute approximate surface area is 164 Å². The third-order valence-corrected chi connectivity index (χ3v) is 4.77. The van der Waals surface area contributed by atoms with Crippen molar-refractivity contribution >= 4 is 0 Å². The van der Waals surface area contributed by atoms with E-state index in [0.29, 0.717) is 24.6 Å². The lowest BCUT2D eigenvalue weighted by molar-refractivity contribution is -0.931. The van der Waals surface area contributed by atoms with Gasteiger partial charge in [-0.15, -0.1) is 0 Å². The Balaban J connectivity index is 1.76. The first-order valence-corrected chi connectivity index (χ1v) is 9.56. The predicted molar refractivity (Wildman–Crippen MR) is 104 cm³/mol. The monoisotopic (exact) mass is 387 g/mol. The highest BCUT2D eigenvalue weighted by Gasteiger charge is 2.17. The number of nitrogens with zero attached hydrogens (tertiary/aromatic N) is 1. The van der Waals surface area contributed by atoms with Crippen LogP contribution in [0.15, 0.2) is 60.8 Å². The minimum absolute atomic E-state index is 0.245. The zero-order valence-electron chi connectivity index (χ0n) is 16.3. The van der Waals surface area contributed by atoms with Crippen molar-refractivity contribution in [3.8, 4) is 0 Å². The molecule has 1 heterocycles. The predicted octanol–water partition coefficient (Wildman–Crippen LogP) is 4.19. The summed E-state index contributed by atoms with van der Waals surface area (Å²) in [7, 11) is 0. The van der Waals surface area contributed by atoms with Gasteiger partial charge in [0.1, 0.15) is 30.5 Å². The maximum absolute atomic E-state index is 14.1. The van der Waals surface area contributed by atoms with Crippen molar-refractivity contribution in [3.05, 3.63) is 95.1 Å². The quantitative estimate of drug-likeness (QED) is 0.594. The van der Waals surface area contributed by atoms with Gasteiger partial charge in [0.05, 0.1) is 12.2 Å². The van der Waals surface area contributed by atoms with E-state index in [0.717, 1.165) is 30.4 Å². The molecule has 0 aliphatic heterocycles. The molecule has 3 rings (SSSR count). The first-order chi connectivity index (χ1) is 13.4. The van der Waals surface area contributed by atoms with Gasteiger partial charge in [0.2, 0.25) is 0 Å². The van der Waals surface area contributed by atoms with Crippen molar-refractivity contribution in [2.45, 2.75) is 33.5 Å². The van der Waals surface area contributed by atoms with Crippen LogP contribution in [0.1, 0.15) is 30.7 Å². The molecule has 0 amide bonds. The molecule has 5 heteroatoms. The van der Waals surface area contributed by atoms with Crippen LogP contribution in [0.25, 0.3) is 0 Å². The van der Waals surface area contributed by atoms with E-state index >= 15 is 0 Å². The van der Waals surface area contributed by atoms with Crippen LogP contribution in [0.2, 0.25) is 0 Å². The number of nitrogens with one attached hydrogen (secondary N) is 1. The zero-order valence-corrected chi connectivity index (χ0v) is 16.3.